The molecule has 0 aromatic heterocycles. The molecule has 0 amide bonds. The molecule has 0 heterocycles. The molecule has 0 aliphatic heterocycles. The minimum atomic E-state index is -4.94. The molecule has 30 heavy (non-hydrogen) atoms. The second-order valence-corrected chi connectivity index (χ2v) is 8.91. The molecule has 0 aliphatic carbocycles. The number of unbranched alkanes of at least 4 members (excludes halogenated alkanes) is 2. The Hall–Kier alpha value is 0.850. The van der Waals surface area contributed by atoms with Gasteiger partial charge in [0.05, 0.1) is 5.97 Å². The molecule has 3 atom stereocenters. The summed E-state index contributed by atoms with van der Waals surface area (Å²) in [7, 11) is -4.94. The van der Waals surface area contributed by atoms with E-state index in [1.165, 1.54) is 64.2 Å². The van der Waals surface area contributed by atoms with Crippen LogP contribution in [0.4, 0.5) is 0 Å². The standard InChI is InChI=1S/C16H34.C4H6O7S.2Na/c1-5-9-11-15(7-3)13-14-16(8-4)12-10-6-2;5-3(6)1-2(4(7)8)12(9,10)11;;/h15-16H,5-14H2,1-4H3;2H,1H2,(H,5,6)(H,7,8)(H,9,10,11);;/q;;2*+1/p-2. The molecule has 0 aliphatic rings. The smallest absolute Gasteiger partial charge is 0.550 e. The number of carbonyl (C=O) groups excluding carboxylic acids is 2. The van der Waals surface area contributed by atoms with Crippen LogP contribution in [-0.4, -0.2) is 30.2 Å². The Morgan fingerprint density at radius 3 is 1.33 bits per heavy atom. The van der Waals surface area contributed by atoms with Gasteiger partial charge in [-0.2, -0.15) is 8.42 Å². The average molecular weight is 469 g/mol. The Balaban J connectivity index is -0.000000219. The summed E-state index contributed by atoms with van der Waals surface area (Å²) in [6.07, 6.45) is 13.0. The van der Waals surface area contributed by atoms with E-state index in [0.717, 1.165) is 11.8 Å². The van der Waals surface area contributed by atoms with Gasteiger partial charge >= 0.3 is 59.1 Å². The second kappa shape index (κ2) is 23.0. The first-order valence-corrected chi connectivity index (χ1v) is 11.9. The Morgan fingerprint density at radius 1 is 0.800 bits per heavy atom. The predicted molar refractivity (Wildman–Crippen MR) is 106 cm³/mol. The fraction of sp³-hybridized carbons (Fsp3) is 0.900. The van der Waals surface area contributed by atoms with Crippen LogP contribution >= 0.6 is 0 Å². The zero-order valence-corrected chi connectivity index (χ0v) is 24.6. The number of hydrogen-bond donors (Lipinski definition) is 1. The van der Waals surface area contributed by atoms with Crippen LogP contribution in [0.2, 0.25) is 0 Å². The van der Waals surface area contributed by atoms with Gasteiger partial charge in [0.15, 0.2) is 0 Å². The van der Waals surface area contributed by atoms with E-state index in [1.807, 2.05) is 0 Å². The fourth-order valence-corrected chi connectivity index (χ4v) is 3.61. The maximum absolute atomic E-state index is 10.2. The quantitative estimate of drug-likeness (QED) is 0.193. The average Bonchev–Trinajstić information content (AvgIpc) is 2.61. The van der Waals surface area contributed by atoms with Crippen molar-refractivity contribution < 1.29 is 91.9 Å². The molecule has 0 aromatic rings. The van der Waals surface area contributed by atoms with Gasteiger partial charge in [-0.3, -0.25) is 4.55 Å². The van der Waals surface area contributed by atoms with Crippen molar-refractivity contribution >= 4 is 22.1 Å². The van der Waals surface area contributed by atoms with E-state index in [4.69, 9.17) is 4.55 Å². The van der Waals surface area contributed by atoms with Crippen LogP contribution in [0.15, 0.2) is 0 Å². The van der Waals surface area contributed by atoms with Crippen molar-refractivity contribution in [2.75, 3.05) is 0 Å². The van der Waals surface area contributed by atoms with Crippen molar-refractivity contribution in [3.8, 4) is 0 Å². The van der Waals surface area contributed by atoms with Crippen LogP contribution in [-0.2, 0) is 19.7 Å². The number of carboxylic acids is 2. The number of hydrogen-bond acceptors (Lipinski definition) is 6. The van der Waals surface area contributed by atoms with E-state index in [-0.39, 0.29) is 59.1 Å². The first-order chi connectivity index (χ1) is 13.0. The molecule has 3 unspecified atom stereocenters. The van der Waals surface area contributed by atoms with Gasteiger partial charge < -0.3 is 19.8 Å². The molecule has 0 rings (SSSR count). The molecule has 7 nitrogen and oxygen atoms in total. The predicted octanol–water partition coefficient (Wildman–Crippen LogP) is -3.66. The summed E-state index contributed by atoms with van der Waals surface area (Å²) in [6.45, 7) is 9.35. The van der Waals surface area contributed by atoms with Crippen LogP contribution in [0.3, 0.4) is 0 Å². The van der Waals surface area contributed by atoms with Gasteiger partial charge in [-0.25, -0.2) is 0 Å². The molecule has 0 aromatic carbocycles. The van der Waals surface area contributed by atoms with Crippen LogP contribution in [0.25, 0.3) is 0 Å². The van der Waals surface area contributed by atoms with Crippen molar-refractivity contribution in [1.29, 1.82) is 0 Å². The van der Waals surface area contributed by atoms with E-state index in [0.29, 0.717) is 0 Å². The fourth-order valence-electron chi connectivity index (χ4n) is 3.02. The maximum Gasteiger partial charge on any atom is 1.00 e. The Kier molecular flexibility index (Phi) is 29.3. The summed E-state index contributed by atoms with van der Waals surface area (Å²) < 4.78 is 28.5. The van der Waals surface area contributed by atoms with Crippen LogP contribution < -0.4 is 69.3 Å². The Bertz CT molecular complexity index is 511. The van der Waals surface area contributed by atoms with Gasteiger partial charge in [-0.15, -0.1) is 0 Å². The third-order valence-electron chi connectivity index (χ3n) is 5.04. The van der Waals surface area contributed by atoms with E-state index in [2.05, 4.69) is 27.7 Å². The third kappa shape index (κ3) is 22.1. The zero-order valence-electron chi connectivity index (χ0n) is 19.8. The third-order valence-corrected chi connectivity index (χ3v) is 6.12. The molecular formula is C20H38Na2O7S. The van der Waals surface area contributed by atoms with E-state index in [9.17, 15) is 28.2 Å². The molecule has 168 valence electrons. The first kappa shape index (κ1) is 38.1. The number of aliphatic carboxylic acids is 2. The molecule has 0 radical (unpaired) electrons. The van der Waals surface area contributed by atoms with Gasteiger partial charge in [0, 0.05) is 12.4 Å². The SMILES string of the molecule is CCCCC(CC)CCC(CC)CCCC.O=C([O-])CC(C(=O)[O-])S(=O)(=O)O.[Na+].[Na+]. The van der Waals surface area contributed by atoms with Crippen molar-refractivity contribution in [3.63, 3.8) is 0 Å². The molecule has 0 bridgehead atoms. The molecule has 10 heteroatoms. The van der Waals surface area contributed by atoms with E-state index < -0.39 is 33.7 Å². The minimum absolute atomic E-state index is 0. The molecule has 0 saturated carbocycles. The summed E-state index contributed by atoms with van der Waals surface area (Å²) in [4.78, 5) is 19.7. The monoisotopic (exact) mass is 468 g/mol. The number of carbonyl (C=O) groups is 2. The van der Waals surface area contributed by atoms with Crippen LogP contribution in [0, 0.1) is 11.8 Å². The second-order valence-electron chi connectivity index (χ2n) is 7.31. The van der Waals surface area contributed by atoms with Gasteiger partial charge in [0.2, 0.25) is 0 Å². The summed E-state index contributed by atoms with van der Waals surface area (Å²) in [5, 5.41) is 17.3. The summed E-state index contributed by atoms with van der Waals surface area (Å²) in [6, 6.07) is 0. The van der Waals surface area contributed by atoms with Gasteiger partial charge in [-0.05, 0) is 11.8 Å². The summed E-state index contributed by atoms with van der Waals surface area (Å²) in [5.74, 6) is -2.06. The molecule has 0 saturated heterocycles. The minimum Gasteiger partial charge on any atom is -0.550 e. The van der Waals surface area contributed by atoms with Crippen molar-refractivity contribution in [2.24, 2.45) is 11.8 Å². The number of rotatable bonds is 15. The largest absolute Gasteiger partial charge is 1.00 e. The molecule has 1 N–H and O–H groups in total. The topological polar surface area (TPSA) is 135 Å². The maximum atomic E-state index is 10.2. The molecular weight excluding hydrogens is 430 g/mol. The van der Waals surface area contributed by atoms with Gasteiger partial charge in [0.25, 0.3) is 10.1 Å². The van der Waals surface area contributed by atoms with E-state index >= 15 is 0 Å². The molecule has 0 fully saturated rings. The van der Waals surface area contributed by atoms with E-state index in [1.54, 1.807) is 0 Å². The van der Waals surface area contributed by atoms with Gasteiger partial charge in [-0.1, -0.05) is 91.9 Å². The van der Waals surface area contributed by atoms with Crippen LogP contribution in [0.5, 0.6) is 0 Å². The molecule has 0 spiro atoms. The summed E-state index contributed by atoms with van der Waals surface area (Å²) >= 11 is 0. The van der Waals surface area contributed by atoms with Crippen molar-refractivity contribution in [2.45, 2.75) is 104 Å². The normalized spacial score (nSPS) is 13.5. The zero-order chi connectivity index (χ0) is 22.2. The first-order valence-electron chi connectivity index (χ1n) is 10.4. The van der Waals surface area contributed by atoms with Crippen LogP contribution in [0.1, 0.15) is 98.3 Å². The summed E-state index contributed by atoms with van der Waals surface area (Å²) in [5.41, 5.74) is 0. The Labute approximate surface area is 227 Å². The van der Waals surface area contributed by atoms with Gasteiger partial charge in [0.1, 0.15) is 5.25 Å². The van der Waals surface area contributed by atoms with Crippen molar-refractivity contribution in [1.82, 2.24) is 0 Å². The Morgan fingerprint density at radius 2 is 1.17 bits per heavy atom. The number of carboxylic acid groups (broad SMARTS) is 2. The van der Waals surface area contributed by atoms with Crippen molar-refractivity contribution in [3.05, 3.63) is 0 Å².